The van der Waals surface area contributed by atoms with E-state index in [-0.39, 0.29) is 12.1 Å². The Bertz CT molecular complexity index is 731. The van der Waals surface area contributed by atoms with E-state index >= 15 is 0 Å². The molecular formula is C18H20F3N3O3. The van der Waals surface area contributed by atoms with Crippen molar-refractivity contribution < 1.29 is 27.4 Å². The summed E-state index contributed by atoms with van der Waals surface area (Å²) in [6.45, 7) is 4.07. The van der Waals surface area contributed by atoms with Gasteiger partial charge in [-0.1, -0.05) is 6.07 Å². The minimum atomic E-state index is -4.56. The van der Waals surface area contributed by atoms with E-state index in [4.69, 9.17) is 9.47 Å². The Morgan fingerprint density at radius 1 is 1.04 bits per heavy atom. The van der Waals surface area contributed by atoms with Crippen molar-refractivity contribution in [2.75, 3.05) is 19.8 Å². The Morgan fingerprint density at radius 3 is 2.22 bits per heavy atom. The maximum absolute atomic E-state index is 12.6. The standard InChI is InChI=1S/C18H20F3N3O3/c1-3-26-17(27-4-2,14-7-5-6-10-22-14)12-24-16(25)13-8-9-15(23-11-13)18(19,20)21/h5-11H,3-4,12H2,1-2H3,(H,24,25). The van der Waals surface area contributed by atoms with Crippen LogP contribution >= 0.6 is 0 Å². The zero-order valence-electron chi connectivity index (χ0n) is 14.9. The molecule has 0 aliphatic heterocycles. The van der Waals surface area contributed by atoms with Gasteiger partial charge in [-0.3, -0.25) is 14.8 Å². The zero-order valence-corrected chi connectivity index (χ0v) is 14.9. The Labute approximate surface area is 154 Å². The first-order chi connectivity index (χ1) is 12.8. The minimum absolute atomic E-state index is 0.00841. The molecule has 0 spiro atoms. The molecule has 9 heteroatoms. The highest BCUT2D eigenvalue weighted by Crippen LogP contribution is 2.27. The van der Waals surface area contributed by atoms with Gasteiger partial charge in [-0.2, -0.15) is 13.2 Å². The van der Waals surface area contributed by atoms with Crippen LogP contribution in [0.2, 0.25) is 0 Å². The van der Waals surface area contributed by atoms with Crippen LogP contribution in [0.25, 0.3) is 0 Å². The predicted molar refractivity (Wildman–Crippen MR) is 90.7 cm³/mol. The lowest BCUT2D eigenvalue weighted by molar-refractivity contribution is -0.240. The van der Waals surface area contributed by atoms with Crippen molar-refractivity contribution in [3.63, 3.8) is 0 Å². The van der Waals surface area contributed by atoms with Crippen molar-refractivity contribution in [2.45, 2.75) is 25.8 Å². The molecule has 2 aromatic rings. The van der Waals surface area contributed by atoms with Crippen LogP contribution in [0, 0.1) is 0 Å². The van der Waals surface area contributed by atoms with E-state index in [0.29, 0.717) is 18.9 Å². The van der Waals surface area contributed by atoms with Gasteiger partial charge in [-0.05, 0) is 38.1 Å². The number of pyridine rings is 2. The largest absolute Gasteiger partial charge is 0.433 e. The molecule has 1 amide bonds. The maximum atomic E-state index is 12.6. The molecule has 0 aromatic carbocycles. The van der Waals surface area contributed by atoms with E-state index < -0.39 is 23.6 Å². The molecule has 1 N–H and O–H groups in total. The monoisotopic (exact) mass is 383 g/mol. The fraction of sp³-hybridized carbons (Fsp3) is 0.389. The Hall–Kier alpha value is -2.52. The van der Waals surface area contributed by atoms with Gasteiger partial charge in [0.25, 0.3) is 5.91 Å². The molecule has 0 radical (unpaired) electrons. The van der Waals surface area contributed by atoms with E-state index in [1.165, 1.54) is 0 Å². The fourth-order valence-corrected chi connectivity index (χ4v) is 2.43. The number of hydrogen-bond donors (Lipinski definition) is 1. The number of aromatic nitrogens is 2. The van der Waals surface area contributed by atoms with Crippen molar-refractivity contribution in [3.05, 3.63) is 59.7 Å². The van der Waals surface area contributed by atoms with Gasteiger partial charge < -0.3 is 14.8 Å². The average Bonchev–Trinajstić information content (AvgIpc) is 2.66. The lowest BCUT2D eigenvalue weighted by atomic mass is 10.1. The van der Waals surface area contributed by atoms with Crippen LogP contribution in [0.1, 0.15) is 35.6 Å². The Balaban J connectivity index is 2.17. The summed E-state index contributed by atoms with van der Waals surface area (Å²) in [5.74, 6) is -1.91. The van der Waals surface area contributed by atoms with Gasteiger partial charge in [0.15, 0.2) is 0 Å². The molecule has 2 rings (SSSR count). The minimum Gasteiger partial charge on any atom is -0.346 e. The highest BCUT2D eigenvalue weighted by molar-refractivity contribution is 5.93. The van der Waals surface area contributed by atoms with Crippen LogP contribution in [0.4, 0.5) is 13.2 Å². The number of ether oxygens (including phenoxy) is 2. The SMILES string of the molecule is CCOC(CNC(=O)c1ccc(C(F)(F)F)nc1)(OCC)c1ccccn1. The van der Waals surface area contributed by atoms with Crippen molar-refractivity contribution >= 4 is 5.91 Å². The van der Waals surface area contributed by atoms with E-state index in [1.54, 1.807) is 38.2 Å². The highest BCUT2D eigenvalue weighted by atomic mass is 19.4. The number of nitrogens with zero attached hydrogens (tertiary/aromatic N) is 2. The molecule has 0 unspecified atom stereocenters. The maximum Gasteiger partial charge on any atom is 0.433 e. The summed E-state index contributed by atoms with van der Waals surface area (Å²) in [4.78, 5) is 19.9. The summed E-state index contributed by atoms with van der Waals surface area (Å²) in [5.41, 5.74) is -0.601. The normalized spacial score (nSPS) is 12.0. The van der Waals surface area contributed by atoms with Crippen LogP contribution in [0.3, 0.4) is 0 Å². The summed E-state index contributed by atoms with van der Waals surface area (Å²) in [6, 6.07) is 7.02. The number of rotatable bonds is 8. The van der Waals surface area contributed by atoms with Crippen LogP contribution in [0.5, 0.6) is 0 Å². The third-order valence-corrected chi connectivity index (χ3v) is 3.61. The Morgan fingerprint density at radius 2 is 1.74 bits per heavy atom. The van der Waals surface area contributed by atoms with Crippen LogP contribution < -0.4 is 5.32 Å². The first kappa shape index (κ1) is 20.8. The number of carbonyl (C=O) groups excluding carboxylic acids is 1. The average molecular weight is 383 g/mol. The third-order valence-electron chi connectivity index (χ3n) is 3.61. The zero-order chi connectivity index (χ0) is 19.9. The first-order valence-electron chi connectivity index (χ1n) is 8.33. The molecule has 2 aromatic heterocycles. The quantitative estimate of drug-likeness (QED) is 0.709. The van der Waals surface area contributed by atoms with Gasteiger partial charge in [0.1, 0.15) is 11.4 Å². The molecule has 0 atom stereocenters. The second kappa shape index (κ2) is 8.92. The van der Waals surface area contributed by atoms with E-state index in [0.717, 1.165) is 18.3 Å². The van der Waals surface area contributed by atoms with E-state index in [2.05, 4.69) is 15.3 Å². The number of alkyl halides is 3. The summed E-state index contributed by atoms with van der Waals surface area (Å²) in [7, 11) is 0. The van der Waals surface area contributed by atoms with Crippen molar-refractivity contribution in [3.8, 4) is 0 Å². The second-order valence-electron chi connectivity index (χ2n) is 5.45. The molecule has 6 nitrogen and oxygen atoms in total. The van der Waals surface area contributed by atoms with Crippen LogP contribution in [-0.2, 0) is 21.4 Å². The van der Waals surface area contributed by atoms with Crippen LogP contribution in [-0.4, -0.2) is 35.6 Å². The number of halogens is 3. The number of nitrogens with one attached hydrogen (secondary N) is 1. The van der Waals surface area contributed by atoms with Gasteiger partial charge in [0.05, 0.1) is 12.1 Å². The first-order valence-corrected chi connectivity index (χ1v) is 8.33. The van der Waals surface area contributed by atoms with E-state index in [9.17, 15) is 18.0 Å². The predicted octanol–water partition coefficient (Wildman–Crippen LogP) is 3.15. The van der Waals surface area contributed by atoms with Gasteiger partial charge >= 0.3 is 6.18 Å². The summed E-state index contributed by atoms with van der Waals surface area (Å²) < 4.78 is 49.2. The smallest absolute Gasteiger partial charge is 0.346 e. The molecule has 0 fully saturated rings. The lowest BCUT2D eigenvalue weighted by Gasteiger charge is -2.32. The topological polar surface area (TPSA) is 73.3 Å². The van der Waals surface area contributed by atoms with Gasteiger partial charge in [0, 0.05) is 25.6 Å². The summed E-state index contributed by atoms with van der Waals surface area (Å²) >= 11 is 0. The molecule has 2 heterocycles. The van der Waals surface area contributed by atoms with Gasteiger partial charge in [0.2, 0.25) is 5.79 Å². The molecule has 27 heavy (non-hydrogen) atoms. The fourth-order valence-electron chi connectivity index (χ4n) is 2.43. The molecule has 0 bridgehead atoms. The Kier molecular flexibility index (Phi) is 6.86. The molecule has 0 aliphatic carbocycles. The third kappa shape index (κ3) is 5.24. The lowest BCUT2D eigenvalue weighted by Crippen LogP contribution is -2.45. The number of carbonyl (C=O) groups is 1. The second-order valence-corrected chi connectivity index (χ2v) is 5.45. The molecular weight excluding hydrogens is 363 g/mol. The van der Waals surface area contributed by atoms with Gasteiger partial charge in [-0.15, -0.1) is 0 Å². The molecule has 0 saturated carbocycles. The number of amides is 1. The van der Waals surface area contributed by atoms with Gasteiger partial charge in [-0.25, -0.2) is 0 Å². The summed E-state index contributed by atoms with van der Waals surface area (Å²) in [5, 5.41) is 2.62. The summed E-state index contributed by atoms with van der Waals surface area (Å²) in [6.07, 6.45) is -2.11. The molecule has 0 aliphatic rings. The van der Waals surface area contributed by atoms with Crippen molar-refractivity contribution in [2.24, 2.45) is 0 Å². The van der Waals surface area contributed by atoms with Crippen molar-refractivity contribution in [1.82, 2.24) is 15.3 Å². The number of hydrogen-bond acceptors (Lipinski definition) is 5. The van der Waals surface area contributed by atoms with Crippen molar-refractivity contribution in [1.29, 1.82) is 0 Å². The highest BCUT2D eigenvalue weighted by Gasteiger charge is 2.36. The molecule has 0 saturated heterocycles. The van der Waals surface area contributed by atoms with Crippen LogP contribution in [0.15, 0.2) is 42.7 Å². The van der Waals surface area contributed by atoms with E-state index in [1.807, 2.05) is 0 Å². The molecule has 146 valence electrons.